The SMILES string of the molecule is CCCCSc1nnc(CNC(=O)c2c(F)cccc2F)o1. The molecule has 2 rings (SSSR count). The Balaban J connectivity index is 1.91. The number of thioether (sulfide) groups is 1. The fraction of sp³-hybridized carbons (Fsp3) is 0.357. The van der Waals surface area contributed by atoms with E-state index in [1.807, 2.05) is 0 Å². The third-order valence-electron chi connectivity index (χ3n) is 2.76. The zero-order valence-electron chi connectivity index (χ0n) is 11.9. The molecular weight excluding hydrogens is 312 g/mol. The minimum absolute atomic E-state index is 0.0893. The van der Waals surface area contributed by atoms with Gasteiger partial charge in [0.25, 0.3) is 11.1 Å². The highest BCUT2D eigenvalue weighted by molar-refractivity contribution is 7.99. The Morgan fingerprint density at radius 3 is 2.73 bits per heavy atom. The Morgan fingerprint density at radius 2 is 2.05 bits per heavy atom. The Labute approximate surface area is 130 Å². The van der Waals surface area contributed by atoms with E-state index in [4.69, 9.17) is 4.42 Å². The standard InChI is InChI=1S/C14H15F2N3O2S/c1-2-3-7-22-14-19-18-11(21-14)8-17-13(20)12-9(15)5-4-6-10(12)16/h4-6H,2-3,7-8H2,1H3,(H,17,20). The number of benzene rings is 1. The van der Waals surface area contributed by atoms with E-state index in [1.54, 1.807) is 0 Å². The second-order valence-corrected chi connectivity index (χ2v) is 5.49. The Hall–Kier alpha value is -1.96. The molecule has 0 spiro atoms. The van der Waals surface area contributed by atoms with E-state index in [9.17, 15) is 13.6 Å². The molecule has 0 aliphatic heterocycles. The van der Waals surface area contributed by atoms with Crippen molar-refractivity contribution in [3.8, 4) is 0 Å². The summed E-state index contributed by atoms with van der Waals surface area (Å²) in [4.78, 5) is 11.8. The van der Waals surface area contributed by atoms with E-state index in [0.29, 0.717) is 5.22 Å². The van der Waals surface area contributed by atoms with Gasteiger partial charge in [-0.25, -0.2) is 8.78 Å². The van der Waals surface area contributed by atoms with Crippen LogP contribution in [0.4, 0.5) is 8.78 Å². The van der Waals surface area contributed by atoms with E-state index in [2.05, 4.69) is 22.4 Å². The van der Waals surface area contributed by atoms with Gasteiger partial charge in [0.2, 0.25) is 5.89 Å². The van der Waals surface area contributed by atoms with Crippen LogP contribution in [-0.4, -0.2) is 21.9 Å². The van der Waals surface area contributed by atoms with Crippen LogP contribution in [0.5, 0.6) is 0 Å². The molecule has 0 aliphatic carbocycles. The highest BCUT2D eigenvalue weighted by Crippen LogP contribution is 2.17. The molecule has 0 saturated heterocycles. The highest BCUT2D eigenvalue weighted by Gasteiger charge is 2.17. The van der Waals surface area contributed by atoms with Gasteiger partial charge in [0.15, 0.2) is 0 Å². The summed E-state index contributed by atoms with van der Waals surface area (Å²) in [7, 11) is 0. The van der Waals surface area contributed by atoms with Crippen molar-refractivity contribution in [1.29, 1.82) is 0 Å². The molecule has 0 unspecified atom stereocenters. The molecule has 0 aliphatic rings. The predicted molar refractivity (Wildman–Crippen MR) is 77.5 cm³/mol. The van der Waals surface area contributed by atoms with Gasteiger partial charge in [0.1, 0.15) is 17.2 Å². The van der Waals surface area contributed by atoms with Crippen LogP contribution in [0.2, 0.25) is 0 Å². The maximum atomic E-state index is 13.4. The van der Waals surface area contributed by atoms with Gasteiger partial charge in [-0.15, -0.1) is 10.2 Å². The van der Waals surface area contributed by atoms with E-state index < -0.39 is 23.1 Å². The molecule has 8 heteroatoms. The van der Waals surface area contributed by atoms with E-state index >= 15 is 0 Å². The fourth-order valence-electron chi connectivity index (χ4n) is 1.63. The first kappa shape index (κ1) is 16.4. The molecule has 0 fully saturated rings. The van der Waals surface area contributed by atoms with Gasteiger partial charge >= 0.3 is 0 Å². The lowest BCUT2D eigenvalue weighted by Crippen LogP contribution is -2.25. The minimum atomic E-state index is -0.918. The highest BCUT2D eigenvalue weighted by atomic mass is 32.2. The van der Waals surface area contributed by atoms with E-state index in [0.717, 1.165) is 30.7 Å². The summed E-state index contributed by atoms with van der Waals surface area (Å²) >= 11 is 1.43. The number of rotatable bonds is 7. The number of unbranched alkanes of at least 4 members (excludes halogenated alkanes) is 1. The Morgan fingerprint density at radius 1 is 1.32 bits per heavy atom. The van der Waals surface area contributed by atoms with Crippen molar-refractivity contribution in [3.63, 3.8) is 0 Å². The average molecular weight is 327 g/mol. The fourth-order valence-corrected chi connectivity index (χ4v) is 2.49. The van der Waals surface area contributed by atoms with Crippen LogP contribution in [0.1, 0.15) is 36.0 Å². The minimum Gasteiger partial charge on any atom is -0.414 e. The molecule has 0 saturated carbocycles. The zero-order valence-corrected chi connectivity index (χ0v) is 12.8. The molecule has 22 heavy (non-hydrogen) atoms. The molecule has 2 aromatic rings. The molecule has 1 heterocycles. The lowest BCUT2D eigenvalue weighted by molar-refractivity contribution is 0.0938. The summed E-state index contributed by atoms with van der Waals surface area (Å²) in [5.41, 5.74) is -0.625. The van der Waals surface area contributed by atoms with Crippen molar-refractivity contribution < 1.29 is 18.0 Å². The number of hydrogen-bond acceptors (Lipinski definition) is 5. The van der Waals surface area contributed by atoms with Crippen molar-refractivity contribution in [2.45, 2.75) is 31.5 Å². The molecule has 118 valence electrons. The maximum absolute atomic E-state index is 13.4. The first-order valence-electron chi connectivity index (χ1n) is 6.79. The number of aromatic nitrogens is 2. The van der Waals surface area contributed by atoms with Crippen molar-refractivity contribution in [1.82, 2.24) is 15.5 Å². The zero-order chi connectivity index (χ0) is 15.9. The lowest BCUT2D eigenvalue weighted by atomic mass is 10.2. The average Bonchev–Trinajstić information content (AvgIpc) is 2.93. The topological polar surface area (TPSA) is 68.0 Å². The summed E-state index contributed by atoms with van der Waals surface area (Å²) in [5.74, 6) is -1.65. The predicted octanol–water partition coefficient (Wildman–Crippen LogP) is 3.17. The molecule has 5 nitrogen and oxygen atoms in total. The second kappa shape index (κ2) is 7.88. The summed E-state index contributed by atoms with van der Waals surface area (Å²) in [5, 5.41) is 10.4. The largest absolute Gasteiger partial charge is 0.414 e. The normalized spacial score (nSPS) is 10.7. The Kier molecular flexibility index (Phi) is 5.88. The van der Waals surface area contributed by atoms with Crippen LogP contribution in [0.3, 0.4) is 0 Å². The van der Waals surface area contributed by atoms with Gasteiger partial charge in [-0.05, 0) is 18.6 Å². The smallest absolute Gasteiger partial charge is 0.276 e. The number of carbonyl (C=O) groups excluding carboxylic acids is 1. The number of amides is 1. The number of nitrogens with zero attached hydrogens (tertiary/aromatic N) is 2. The number of nitrogens with one attached hydrogen (secondary N) is 1. The molecule has 0 atom stereocenters. The first-order chi connectivity index (χ1) is 10.6. The van der Waals surface area contributed by atoms with Gasteiger partial charge in [-0.2, -0.15) is 0 Å². The molecule has 1 aromatic heterocycles. The third kappa shape index (κ3) is 4.27. The Bertz CT molecular complexity index is 629. The number of carbonyl (C=O) groups is 1. The molecule has 1 N–H and O–H groups in total. The second-order valence-electron chi connectivity index (χ2n) is 4.44. The molecule has 0 radical (unpaired) electrons. The van der Waals surface area contributed by atoms with Crippen LogP contribution >= 0.6 is 11.8 Å². The maximum Gasteiger partial charge on any atom is 0.276 e. The summed E-state index contributed by atoms with van der Waals surface area (Å²) in [6.45, 7) is 1.99. The molecule has 0 bridgehead atoms. The monoisotopic (exact) mass is 327 g/mol. The van der Waals surface area contributed by atoms with Gasteiger partial charge in [-0.1, -0.05) is 31.2 Å². The lowest BCUT2D eigenvalue weighted by Gasteiger charge is -2.04. The van der Waals surface area contributed by atoms with Gasteiger partial charge in [0.05, 0.1) is 6.54 Å². The van der Waals surface area contributed by atoms with Gasteiger partial charge < -0.3 is 9.73 Å². The van der Waals surface area contributed by atoms with E-state index in [-0.39, 0.29) is 12.4 Å². The third-order valence-corrected chi connectivity index (χ3v) is 3.67. The molecule has 1 aromatic carbocycles. The molecule has 1 amide bonds. The van der Waals surface area contributed by atoms with Crippen LogP contribution in [-0.2, 0) is 6.54 Å². The van der Waals surface area contributed by atoms with Crippen molar-refractivity contribution >= 4 is 17.7 Å². The van der Waals surface area contributed by atoms with Crippen molar-refractivity contribution in [2.24, 2.45) is 0 Å². The number of halogens is 2. The quantitative estimate of drug-likeness (QED) is 0.625. The van der Waals surface area contributed by atoms with Crippen LogP contribution in [0, 0.1) is 11.6 Å². The van der Waals surface area contributed by atoms with Crippen LogP contribution < -0.4 is 5.32 Å². The van der Waals surface area contributed by atoms with Crippen molar-refractivity contribution in [3.05, 3.63) is 41.3 Å². The first-order valence-corrected chi connectivity index (χ1v) is 7.77. The molecular formula is C14H15F2N3O2S. The van der Waals surface area contributed by atoms with Crippen LogP contribution in [0.15, 0.2) is 27.8 Å². The van der Waals surface area contributed by atoms with E-state index in [1.165, 1.54) is 17.8 Å². The van der Waals surface area contributed by atoms with Gasteiger partial charge in [0, 0.05) is 5.75 Å². The van der Waals surface area contributed by atoms with Crippen molar-refractivity contribution in [2.75, 3.05) is 5.75 Å². The summed E-state index contributed by atoms with van der Waals surface area (Å²) < 4.78 is 32.2. The van der Waals surface area contributed by atoms with Gasteiger partial charge in [-0.3, -0.25) is 4.79 Å². The van der Waals surface area contributed by atoms with Crippen LogP contribution in [0.25, 0.3) is 0 Å². The summed E-state index contributed by atoms with van der Waals surface area (Å²) in [6.07, 6.45) is 2.10. The summed E-state index contributed by atoms with van der Waals surface area (Å²) in [6, 6.07) is 3.24. The number of hydrogen-bond donors (Lipinski definition) is 1.